The maximum absolute atomic E-state index is 13.5. The Bertz CT molecular complexity index is 1810. The van der Waals surface area contributed by atoms with Crippen LogP contribution in [0.3, 0.4) is 0 Å². The molecule has 5 aromatic rings. The molecule has 0 spiro atoms. The minimum absolute atomic E-state index is 0.157. The summed E-state index contributed by atoms with van der Waals surface area (Å²) in [5.74, 6) is -0.119. The SMILES string of the molecule is CC(C)(CC/C=C/C(=O)Nc1ccccc1N)[C@H](OC(=O)Nc1cccc2ccccc12)c1ccc(O)c2ccccc12. The van der Waals surface area contributed by atoms with E-state index in [1.54, 1.807) is 30.3 Å². The van der Waals surface area contributed by atoms with Gasteiger partial charge < -0.3 is 20.9 Å². The molecule has 7 heteroatoms. The van der Waals surface area contributed by atoms with Gasteiger partial charge in [-0.1, -0.05) is 98.8 Å². The summed E-state index contributed by atoms with van der Waals surface area (Å²) in [6.45, 7) is 4.06. The molecule has 218 valence electrons. The van der Waals surface area contributed by atoms with Gasteiger partial charge in [-0.05, 0) is 54.0 Å². The van der Waals surface area contributed by atoms with Crippen LogP contribution in [0.15, 0.2) is 115 Å². The number of hydrogen-bond acceptors (Lipinski definition) is 5. The van der Waals surface area contributed by atoms with Crippen molar-refractivity contribution in [3.63, 3.8) is 0 Å². The Labute approximate surface area is 251 Å². The van der Waals surface area contributed by atoms with E-state index >= 15 is 0 Å². The third-order valence-corrected chi connectivity index (χ3v) is 7.62. The molecule has 0 fully saturated rings. The van der Waals surface area contributed by atoms with Gasteiger partial charge in [0.05, 0.1) is 17.1 Å². The number of phenols is 1. The van der Waals surface area contributed by atoms with Crippen molar-refractivity contribution in [2.45, 2.75) is 32.8 Å². The molecule has 43 heavy (non-hydrogen) atoms. The molecule has 0 unspecified atom stereocenters. The van der Waals surface area contributed by atoms with E-state index in [2.05, 4.69) is 10.6 Å². The highest BCUT2D eigenvalue weighted by Crippen LogP contribution is 2.44. The Balaban J connectivity index is 1.38. The molecule has 0 aliphatic carbocycles. The van der Waals surface area contributed by atoms with Gasteiger partial charge in [0.25, 0.3) is 0 Å². The van der Waals surface area contributed by atoms with E-state index in [9.17, 15) is 14.7 Å². The Kier molecular flexibility index (Phi) is 8.62. The zero-order valence-corrected chi connectivity index (χ0v) is 24.2. The Morgan fingerprint density at radius 3 is 2.26 bits per heavy atom. The van der Waals surface area contributed by atoms with Crippen LogP contribution in [0, 0.1) is 5.41 Å². The number of nitrogens with two attached hydrogens (primary N) is 1. The lowest BCUT2D eigenvalue weighted by Crippen LogP contribution is -2.29. The van der Waals surface area contributed by atoms with E-state index in [0.29, 0.717) is 35.3 Å². The van der Waals surface area contributed by atoms with E-state index in [1.807, 2.05) is 92.7 Å². The lowest BCUT2D eigenvalue weighted by atomic mass is 9.77. The first-order valence-electron chi connectivity index (χ1n) is 14.2. The molecular formula is C36H35N3O4. The summed E-state index contributed by atoms with van der Waals surface area (Å²) in [4.78, 5) is 25.9. The number of ether oxygens (including phenoxy) is 1. The quantitative estimate of drug-likeness (QED) is 0.104. The van der Waals surface area contributed by atoms with Crippen molar-refractivity contribution >= 4 is 50.6 Å². The molecule has 2 amide bonds. The van der Waals surface area contributed by atoms with Gasteiger partial charge >= 0.3 is 6.09 Å². The second-order valence-corrected chi connectivity index (χ2v) is 11.2. The van der Waals surface area contributed by atoms with E-state index in [-0.39, 0.29) is 11.7 Å². The second kappa shape index (κ2) is 12.7. The number of hydrogen-bond donors (Lipinski definition) is 4. The normalized spacial score (nSPS) is 12.3. The summed E-state index contributed by atoms with van der Waals surface area (Å²) in [7, 11) is 0. The summed E-state index contributed by atoms with van der Waals surface area (Å²) >= 11 is 0. The number of carbonyl (C=O) groups excluding carboxylic acids is 2. The zero-order chi connectivity index (χ0) is 30.4. The number of carbonyl (C=O) groups is 2. The van der Waals surface area contributed by atoms with Crippen molar-refractivity contribution in [2.24, 2.45) is 5.41 Å². The summed E-state index contributed by atoms with van der Waals surface area (Å²) in [6, 6.07) is 31.6. The summed E-state index contributed by atoms with van der Waals surface area (Å²) in [5.41, 5.74) is 7.87. The molecular weight excluding hydrogens is 538 g/mol. The van der Waals surface area contributed by atoms with Gasteiger partial charge in [-0.25, -0.2) is 4.79 Å². The number of nitrogens with one attached hydrogen (secondary N) is 2. The number of nitrogen functional groups attached to an aromatic ring is 1. The standard InChI is InChI=1S/C36H35N3O4/c1-36(2,23-10-9-20-33(41)38-31-18-8-7-17-29(31)37)34(28-21-22-32(40)27-16-6-5-15-26(27)28)43-35(42)39-30-19-11-13-24-12-3-4-14-25(24)30/h3-9,11-22,34,40H,10,23,37H2,1-2H3,(H,38,41)(H,39,42)/b20-9+/t34-/m1/s1. The number of fused-ring (bicyclic) bond motifs is 2. The average molecular weight is 574 g/mol. The highest BCUT2D eigenvalue weighted by molar-refractivity contribution is 6.01. The number of anilines is 3. The zero-order valence-electron chi connectivity index (χ0n) is 24.2. The van der Waals surface area contributed by atoms with Crippen molar-refractivity contribution in [3.8, 4) is 5.75 Å². The van der Waals surface area contributed by atoms with Crippen LogP contribution in [-0.4, -0.2) is 17.1 Å². The molecule has 0 heterocycles. The van der Waals surface area contributed by atoms with Crippen molar-refractivity contribution in [2.75, 3.05) is 16.4 Å². The van der Waals surface area contributed by atoms with Gasteiger partial charge in [-0.15, -0.1) is 0 Å². The van der Waals surface area contributed by atoms with Crippen molar-refractivity contribution < 1.29 is 19.4 Å². The van der Waals surface area contributed by atoms with Gasteiger partial charge in [-0.3, -0.25) is 10.1 Å². The molecule has 0 aromatic heterocycles. The third kappa shape index (κ3) is 6.79. The molecule has 0 aliphatic rings. The van der Waals surface area contributed by atoms with Crippen LogP contribution in [-0.2, 0) is 9.53 Å². The third-order valence-electron chi connectivity index (χ3n) is 7.62. The number of aromatic hydroxyl groups is 1. The van der Waals surface area contributed by atoms with Gasteiger partial charge in [0.15, 0.2) is 0 Å². The van der Waals surface area contributed by atoms with Crippen LogP contribution < -0.4 is 16.4 Å². The minimum Gasteiger partial charge on any atom is -0.507 e. The van der Waals surface area contributed by atoms with Crippen LogP contribution in [0.5, 0.6) is 5.75 Å². The van der Waals surface area contributed by atoms with Crippen LogP contribution in [0.1, 0.15) is 38.4 Å². The molecule has 0 radical (unpaired) electrons. The summed E-state index contributed by atoms with van der Waals surface area (Å²) in [6.07, 6.45) is 3.21. The average Bonchev–Trinajstić information content (AvgIpc) is 3.00. The second-order valence-electron chi connectivity index (χ2n) is 11.2. The predicted octanol–water partition coefficient (Wildman–Crippen LogP) is 8.57. The summed E-state index contributed by atoms with van der Waals surface area (Å²) < 4.78 is 6.22. The first-order valence-corrected chi connectivity index (χ1v) is 14.2. The maximum Gasteiger partial charge on any atom is 0.412 e. The Morgan fingerprint density at radius 2 is 1.47 bits per heavy atom. The predicted molar refractivity (Wildman–Crippen MR) is 174 cm³/mol. The fourth-order valence-corrected chi connectivity index (χ4v) is 5.32. The van der Waals surface area contributed by atoms with E-state index in [4.69, 9.17) is 10.5 Å². The fraction of sp³-hybridized carbons (Fsp3) is 0.167. The molecule has 0 bridgehead atoms. The smallest absolute Gasteiger partial charge is 0.412 e. The number of allylic oxidation sites excluding steroid dienone is 1. The minimum atomic E-state index is -0.667. The van der Waals surface area contributed by atoms with Gasteiger partial charge in [0.1, 0.15) is 11.9 Å². The first kappa shape index (κ1) is 29.2. The molecule has 5 aromatic carbocycles. The first-order chi connectivity index (χ1) is 20.7. The molecule has 5 rings (SSSR count). The van der Waals surface area contributed by atoms with Gasteiger partial charge in [0, 0.05) is 21.8 Å². The van der Waals surface area contributed by atoms with Crippen molar-refractivity contribution in [1.29, 1.82) is 0 Å². The highest BCUT2D eigenvalue weighted by atomic mass is 16.6. The van der Waals surface area contributed by atoms with Crippen molar-refractivity contribution in [1.82, 2.24) is 0 Å². The van der Waals surface area contributed by atoms with Gasteiger partial charge in [-0.2, -0.15) is 0 Å². The molecule has 0 saturated heterocycles. The number of para-hydroxylation sites is 2. The van der Waals surface area contributed by atoms with Crippen LogP contribution >= 0.6 is 0 Å². The summed E-state index contributed by atoms with van der Waals surface area (Å²) in [5, 5.41) is 19.7. The van der Waals surface area contributed by atoms with E-state index in [0.717, 1.165) is 21.7 Å². The fourth-order valence-electron chi connectivity index (χ4n) is 5.32. The van der Waals surface area contributed by atoms with Crippen LogP contribution in [0.4, 0.5) is 21.9 Å². The maximum atomic E-state index is 13.5. The monoisotopic (exact) mass is 573 g/mol. The van der Waals surface area contributed by atoms with Gasteiger partial charge in [0.2, 0.25) is 5.91 Å². The molecule has 5 N–H and O–H groups in total. The Hall–Kier alpha value is -5.30. The van der Waals surface area contributed by atoms with E-state index in [1.165, 1.54) is 6.08 Å². The van der Waals surface area contributed by atoms with Crippen molar-refractivity contribution in [3.05, 3.63) is 121 Å². The molecule has 1 atom stereocenters. The lowest BCUT2D eigenvalue weighted by Gasteiger charge is -2.35. The lowest BCUT2D eigenvalue weighted by molar-refractivity contribution is -0.111. The number of amides is 2. The number of benzene rings is 5. The van der Waals surface area contributed by atoms with E-state index < -0.39 is 17.6 Å². The molecule has 0 saturated carbocycles. The largest absolute Gasteiger partial charge is 0.507 e. The van der Waals surface area contributed by atoms with Crippen LogP contribution in [0.25, 0.3) is 21.5 Å². The number of phenolic OH excluding ortho intramolecular Hbond substituents is 1. The Morgan fingerprint density at radius 1 is 0.814 bits per heavy atom. The topological polar surface area (TPSA) is 114 Å². The molecule has 7 nitrogen and oxygen atoms in total. The number of rotatable bonds is 9. The van der Waals surface area contributed by atoms with Crippen LogP contribution in [0.2, 0.25) is 0 Å². The molecule has 0 aliphatic heterocycles. The highest BCUT2D eigenvalue weighted by Gasteiger charge is 2.35.